The Morgan fingerprint density at radius 3 is 2.82 bits per heavy atom. The monoisotopic (exact) mass is 242 g/mol. The van der Waals surface area contributed by atoms with Crippen LogP contribution < -0.4 is 5.32 Å². The molecule has 0 aromatic carbocycles. The lowest BCUT2D eigenvalue weighted by Crippen LogP contribution is -2.41. The lowest BCUT2D eigenvalue weighted by atomic mass is 10.1. The maximum atomic E-state index is 11.9. The Hall–Kier alpha value is -0.650. The molecule has 17 heavy (non-hydrogen) atoms. The second-order valence-electron chi connectivity index (χ2n) is 4.78. The van der Waals surface area contributed by atoms with E-state index in [0.717, 1.165) is 39.0 Å². The summed E-state index contributed by atoms with van der Waals surface area (Å²) in [7, 11) is 1.84. The van der Waals surface area contributed by atoms with Gasteiger partial charge in [-0.3, -0.25) is 4.79 Å². The minimum absolute atomic E-state index is 0.0685. The topological polar surface area (TPSA) is 50.8 Å². The van der Waals surface area contributed by atoms with Gasteiger partial charge in [-0.2, -0.15) is 0 Å². The van der Waals surface area contributed by atoms with Crippen molar-refractivity contribution < 1.29 is 14.3 Å². The Morgan fingerprint density at radius 1 is 1.41 bits per heavy atom. The summed E-state index contributed by atoms with van der Waals surface area (Å²) in [5.41, 5.74) is 0. The summed E-state index contributed by atoms with van der Waals surface area (Å²) < 4.78 is 10.9. The Bertz CT molecular complexity index is 248. The molecule has 0 saturated carbocycles. The van der Waals surface area contributed by atoms with Crippen LogP contribution in [0, 0.1) is 0 Å². The van der Waals surface area contributed by atoms with E-state index in [2.05, 4.69) is 5.32 Å². The fourth-order valence-corrected chi connectivity index (χ4v) is 2.28. The first-order chi connectivity index (χ1) is 8.27. The minimum Gasteiger partial charge on any atom is -0.379 e. The standard InChI is InChI=1S/C12H22N2O3/c1-14(10-4-7-16-8-10)12(15)9-17-11-2-5-13-6-3-11/h10-11,13H,2-9H2,1H3. The molecular weight excluding hydrogens is 220 g/mol. The highest BCUT2D eigenvalue weighted by Crippen LogP contribution is 2.12. The van der Waals surface area contributed by atoms with Crippen LogP contribution in [0.4, 0.5) is 0 Å². The molecule has 0 radical (unpaired) electrons. The molecule has 2 aliphatic heterocycles. The molecule has 0 spiro atoms. The molecule has 0 aromatic rings. The van der Waals surface area contributed by atoms with Crippen LogP contribution in [0.3, 0.4) is 0 Å². The number of amides is 1. The van der Waals surface area contributed by atoms with E-state index >= 15 is 0 Å². The number of hydrogen-bond acceptors (Lipinski definition) is 4. The van der Waals surface area contributed by atoms with Crippen LogP contribution in [0.2, 0.25) is 0 Å². The van der Waals surface area contributed by atoms with E-state index in [1.165, 1.54) is 0 Å². The van der Waals surface area contributed by atoms with Gasteiger partial charge in [-0.05, 0) is 32.4 Å². The lowest BCUT2D eigenvalue weighted by molar-refractivity contribution is -0.139. The zero-order chi connectivity index (χ0) is 12.1. The third kappa shape index (κ3) is 3.66. The molecule has 2 rings (SSSR count). The van der Waals surface area contributed by atoms with Crippen LogP contribution in [0.5, 0.6) is 0 Å². The first kappa shape index (κ1) is 12.8. The van der Waals surface area contributed by atoms with Crippen LogP contribution >= 0.6 is 0 Å². The quantitative estimate of drug-likeness (QED) is 0.754. The molecule has 0 bridgehead atoms. The number of carbonyl (C=O) groups is 1. The van der Waals surface area contributed by atoms with Crippen molar-refractivity contribution in [3.63, 3.8) is 0 Å². The van der Waals surface area contributed by atoms with Crippen molar-refractivity contribution in [1.82, 2.24) is 10.2 Å². The fourth-order valence-electron chi connectivity index (χ4n) is 2.28. The third-order valence-electron chi connectivity index (χ3n) is 3.58. The van der Waals surface area contributed by atoms with Crippen LogP contribution in [0.25, 0.3) is 0 Å². The summed E-state index contributed by atoms with van der Waals surface area (Å²) in [5, 5.41) is 3.28. The summed E-state index contributed by atoms with van der Waals surface area (Å²) in [5.74, 6) is 0.0685. The number of hydrogen-bond donors (Lipinski definition) is 1. The van der Waals surface area contributed by atoms with Crippen LogP contribution in [-0.2, 0) is 14.3 Å². The molecule has 98 valence electrons. The fraction of sp³-hybridized carbons (Fsp3) is 0.917. The zero-order valence-electron chi connectivity index (χ0n) is 10.5. The smallest absolute Gasteiger partial charge is 0.248 e. The van der Waals surface area contributed by atoms with E-state index in [9.17, 15) is 4.79 Å². The van der Waals surface area contributed by atoms with Gasteiger partial charge >= 0.3 is 0 Å². The lowest BCUT2D eigenvalue weighted by Gasteiger charge is -2.26. The largest absolute Gasteiger partial charge is 0.379 e. The molecule has 1 atom stereocenters. The third-order valence-corrected chi connectivity index (χ3v) is 3.58. The Morgan fingerprint density at radius 2 is 2.18 bits per heavy atom. The van der Waals surface area contributed by atoms with Gasteiger partial charge in [0.25, 0.3) is 0 Å². The number of piperidine rings is 1. The van der Waals surface area contributed by atoms with Gasteiger partial charge in [0.1, 0.15) is 6.61 Å². The number of nitrogens with one attached hydrogen (secondary N) is 1. The molecule has 0 aromatic heterocycles. The molecule has 0 aliphatic carbocycles. The van der Waals surface area contributed by atoms with Gasteiger partial charge in [-0.15, -0.1) is 0 Å². The molecule has 1 unspecified atom stereocenters. The first-order valence-electron chi connectivity index (χ1n) is 6.43. The van der Waals surface area contributed by atoms with Crippen molar-refractivity contribution in [2.75, 3.05) is 40.0 Å². The van der Waals surface area contributed by atoms with E-state index in [0.29, 0.717) is 6.61 Å². The first-order valence-corrected chi connectivity index (χ1v) is 6.43. The predicted molar refractivity (Wildman–Crippen MR) is 63.8 cm³/mol. The maximum Gasteiger partial charge on any atom is 0.248 e. The van der Waals surface area contributed by atoms with Gasteiger partial charge in [0, 0.05) is 13.7 Å². The highest BCUT2D eigenvalue weighted by molar-refractivity contribution is 5.77. The second-order valence-corrected chi connectivity index (χ2v) is 4.78. The van der Waals surface area contributed by atoms with Crippen molar-refractivity contribution in [1.29, 1.82) is 0 Å². The Labute approximate surface area is 102 Å². The van der Waals surface area contributed by atoms with Crippen LogP contribution in [0.15, 0.2) is 0 Å². The normalized spacial score (nSPS) is 26.1. The summed E-state index contributed by atoms with van der Waals surface area (Å²) in [4.78, 5) is 13.7. The minimum atomic E-state index is 0.0685. The van der Waals surface area contributed by atoms with Crippen LogP contribution in [0.1, 0.15) is 19.3 Å². The molecule has 1 N–H and O–H groups in total. The van der Waals surface area contributed by atoms with Gasteiger partial charge in [0.15, 0.2) is 0 Å². The highest BCUT2D eigenvalue weighted by atomic mass is 16.5. The average Bonchev–Trinajstić information content (AvgIpc) is 2.90. The summed E-state index contributed by atoms with van der Waals surface area (Å²) in [6.45, 7) is 3.61. The second kappa shape index (κ2) is 6.33. The van der Waals surface area contributed by atoms with Gasteiger partial charge in [0.05, 0.1) is 18.8 Å². The van der Waals surface area contributed by atoms with Crippen molar-refractivity contribution in [2.45, 2.75) is 31.4 Å². The van der Waals surface area contributed by atoms with Gasteiger partial charge in [0.2, 0.25) is 5.91 Å². The zero-order valence-corrected chi connectivity index (χ0v) is 10.5. The predicted octanol–water partition coefficient (Wildman–Crippen LogP) is 0.00230. The van der Waals surface area contributed by atoms with Crippen molar-refractivity contribution in [3.8, 4) is 0 Å². The number of likely N-dealkylation sites (N-methyl/N-ethyl adjacent to an activating group) is 1. The van der Waals surface area contributed by atoms with E-state index in [1.807, 2.05) is 7.05 Å². The molecule has 5 heteroatoms. The van der Waals surface area contributed by atoms with E-state index in [1.54, 1.807) is 4.90 Å². The highest BCUT2D eigenvalue weighted by Gasteiger charge is 2.24. The molecule has 5 nitrogen and oxygen atoms in total. The molecular formula is C12H22N2O3. The van der Waals surface area contributed by atoms with Gasteiger partial charge in [-0.25, -0.2) is 0 Å². The number of rotatable bonds is 4. The van der Waals surface area contributed by atoms with Crippen molar-refractivity contribution >= 4 is 5.91 Å². The van der Waals surface area contributed by atoms with Gasteiger partial charge < -0.3 is 19.7 Å². The average molecular weight is 242 g/mol. The van der Waals surface area contributed by atoms with E-state index < -0.39 is 0 Å². The summed E-state index contributed by atoms with van der Waals surface area (Å²) in [6, 6.07) is 0.235. The molecule has 2 aliphatic rings. The SMILES string of the molecule is CN(C(=O)COC1CCNCC1)C1CCOC1. The number of nitrogens with zero attached hydrogens (tertiary/aromatic N) is 1. The van der Waals surface area contributed by atoms with Crippen molar-refractivity contribution in [3.05, 3.63) is 0 Å². The Balaban J connectivity index is 1.68. The number of ether oxygens (including phenoxy) is 2. The summed E-state index contributed by atoms with van der Waals surface area (Å²) in [6.07, 6.45) is 3.19. The molecule has 2 fully saturated rings. The van der Waals surface area contributed by atoms with E-state index in [-0.39, 0.29) is 24.7 Å². The van der Waals surface area contributed by atoms with Crippen LogP contribution in [-0.4, -0.2) is 62.9 Å². The molecule has 2 heterocycles. The number of carbonyl (C=O) groups excluding carboxylic acids is 1. The molecule has 1 amide bonds. The summed E-state index contributed by atoms with van der Waals surface area (Å²) >= 11 is 0. The van der Waals surface area contributed by atoms with E-state index in [4.69, 9.17) is 9.47 Å². The van der Waals surface area contributed by atoms with Crippen molar-refractivity contribution in [2.24, 2.45) is 0 Å². The Kier molecular flexibility index (Phi) is 4.76. The maximum absolute atomic E-state index is 11.9. The molecule has 2 saturated heterocycles. The van der Waals surface area contributed by atoms with Gasteiger partial charge in [-0.1, -0.05) is 0 Å².